The first-order chi connectivity index (χ1) is 7.98. The number of ether oxygens (including phenoxy) is 1. The highest BCUT2D eigenvalue weighted by molar-refractivity contribution is 9.10. The first-order valence-corrected chi connectivity index (χ1v) is 6.39. The highest BCUT2D eigenvalue weighted by Gasteiger charge is 2.30. The lowest BCUT2D eigenvalue weighted by molar-refractivity contribution is -0.148. The van der Waals surface area contributed by atoms with Crippen LogP contribution in [0.5, 0.6) is 5.75 Å². The van der Waals surface area contributed by atoms with Gasteiger partial charge < -0.3 is 9.84 Å². The van der Waals surface area contributed by atoms with Crippen LogP contribution in [0.3, 0.4) is 0 Å². The van der Waals surface area contributed by atoms with Crippen molar-refractivity contribution in [1.82, 2.24) is 0 Å². The number of rotatable bonds is 6. The van der Waals surface area contributed by atoms with E-state index in [0.29, 0.717) is 19.4 Å². The smallest absolute Gasteiger partial charge is 0.309 e. The van der Waals surface area contributed by atoms with Gasteiger partial charge in [-0.05, 0) is 38.0 Å². The predicted molar refractivity (Wildman–Crippen MR) is 70.3 cm³/mol. The Kier molecular flexibility index (Phi) is 5.00. The van der Waals surface area contributed by atoms with Crippen LogP contribution in [0.4, 0.5) is 0 Å². The van der Waals surface area contributed by atoms with Crippen molar-refractivity contribution in [3.8, 4) is 5.75 Å². The van der Waals surface area contributed by atoms with E-state index in [4.69, 9.17) is 9.84 Å². The molecule has 0 fully saturated rings. The maximum absolute atomic E-state index is 11.1. The Balaban J connectivity index is 2.50. The van der Waals surface area contributed by atoms with Gasteiger partial charge in [-0.2, -0.15) is 0 Å². The summed E-state index contributed by atoms with van der Waals surface area (Å²) < 4.78 is 6.49. The third kappa shape index (κ3) is 4.04. The van der Waals surface area contributed by atoms with Crippen LogP contribution in [0.2, 0.25) is 0 Å². The zero-order valence-corrected chi connectivity index (χ0v) is 11.7. The summed E-state index contributed by atoms with van der Waals surface area (Å²) in [6.45, 7) is 4.04. The van der Waals surface area contributed by atoms with Crippen molar-refractivity contribution in [2.75, 3.05) is 6.61 Å². The van der Waals surface area contributed by atoms with E-state index in [2.05, 4.69) is 15.9 Å². The van der Waals surface area contributed by atoms with Crippen molar-refractivity contribution >= 4 is 21.9 Å². The summed E-state index contributed by atoms with van der Waals surface area (Å²) in [5.74, 6) is -0.0129. The number of carboxylic acids is 1. The van der Waals surface area contributed by atoms with Gasteiger partial charge in [-0.1, -0.05) is 28.9 Å². The van der Waals surface area contributed by atoms with Gasteiger partial charge in [0.15, 0.2) is 0 Å². The number of halogens is 1. The average Bonchev–Trinajstić information content (AvgIpc) is 2.28. The molecule has 1 aromatic carbocycles. The number of carboxylic acid groups (broad SMARTS) is 1. The largest absolute Gasteiger partial charge is 0.494 e. The van der Waals surface area contributed by atoms with Crippen molar-refractivity contribution in [3.05, 3.63) is 28.7 Å². The highest BCUT2D eigenvalue weighted by Crippen LogP contribution is 2.26. The van der Waals surface area contributed by atoms with Gasteiger partial charge in [0.25, 0.3) is 0 Å². The zero-order chi connectivity index (χ0) is 12.9. The summed E-state index contributed by atoms with van der Waals surface area (Å²) in [5.41, 5.74) is -0.702. The minimum atomic E-state index is -0.766. The van der Waals surface area contributed by atoms with Crippen LogP contribution < -0.4 is 4.74 Å². The van der Waals surface area contributed by atoms with E-state index in [1.165, 1.54) is 0 Å². The second kappa shape index (κ2) is 6.05. The Morgan fingerprint density at radius 3 is 2.76 bits per heavy atom. The van der Waals surface area contributed by atoms with Gasteiger partial charge in [0.2, 0.25) is 0 Å². The van der Waals surface area contributed by atoms with Crippen molar-refractivity contribution in [2.24, 2.45) is 5.41 Å². The molecule has 0 aliphatic heterocycles. The third-order valence-electron chi connectivity index (χ3n) is 3.02. The minimum Gasteiger partial charge on any atom is -0.494 e. The van der Waals surface area contributed by atoms with E-state index < -0.39 is 11.4 Å². The SMILES string of the molecule is CCC(C)(CCOc1cccc(Br)c1)C(=O)O. The van der Waals surface area contributed by atoms with Gasteiger partial charge >= 0.3 is 5.97 Å². The lowest BCUT2D eigenvalue weighted by Crippen LogP contribution is -2.28. The molecule has 0 heterocycles. The highest BCUT2D eigenvalue weighted by atomic mass is 79.9. The Bertz CT molecular complexity index is 392. The van der Waals surface area contributed by atoms with Crippen molar-refractivity contribution in [3.63, 3.8) is 0 Å². The van der Waals surface area contributed by atoms with Crippen molar-refractivity contribution in [2.45, 2.75) is 26.7 Å². The number of hydrogen-bond acceptors (Lipinski definition) is 2. The Morgan fingerprint density at radius 2 is 2.24 bits per heavy atom. The molecule has 17 heavy (non-hydrogen) atoms. The van der Waals surface area contributed by atoms with Crippen molar-refractivity contribution in [1.29, 1.82) is 0 Å². The van der Waals surface area contributed by atoms with E-state index in [0.717, 1.165) is 10.2 Å². The van der Waals surface area contributed by atoms with Crippen LogP contribution in [0.15, 0.2) is 28.7 Å². The quantitative estimate of drug-likeness (QED) is 0.871. The van der Waals surface area contributed by atoms with E-state index in [1.54, 1.807) is 6.92 Å². The average molecular weight is 301 g/mol. The van der Waals surface area contributed by atoms with E-state index in [1.807, 2.05) is 31.2 Å². The maximum Gasteiger partial charge on any atom is 0.309 e. The van der Waals surface area contributed by atoms with Crippen LogP contribution in [0, 0.1) is 5.41 Å². The molecule has 0 radical (unpaired) electrons. The molecule has 1 atom stereocenters. The lowest BCUT2D eigenvalue weighted by atomic mass is 9.84. The summed E-state index contributed by atoms with van der Waals surface area (Å²) in [7, 11) is 0. The molecule has 1 aromatic rings. The fraction of sp³-hybridized carbons (Fsp3) is 0.462. The molecule has 1 unspecified atom stereocenters. The van der Waals surface area contributed by atoms with E-state index in [9.17, 15) is 4.79 Å². The summed E-state index contributed by atoms with van der Waals surface area (Å²) in [6.07, 6.45) is 1.11. The topological polar surface area (TPSA) is 46.5 Å². The van der Waals surface area contributed by atoms with Crippen LogP contribution >= 0.6 is 15.9 Å². The molecule has 0 spiro atoms. The zero-order valence-electron chi connectivity index (χ0n) is 10.1. The lowest BCUT2D eigenvalue weighted by Gasteiger charge is -2.22. The van der Waals surface area contributed by atoms with Crippen LogP contribution in [-0.2, 0) is 4.79 Å². The van der Waals surface area contributed by atoms with Crippen LogP contribution in [0.1, 0.15) is 26.7 Å². The van der Waals surface area contributed by atoms with Gasteiger partial charge in [-0.3, -0.25) is 4.79 Å². The molecule has 0 aromatic heterocycles. The van der Waals surface area contributed by atoms with Gasteiger partial charge in [-0.25, -0.2) is 0 Å². The Hall–Kier alpha value is -1.03. The van der Waals surface area contributed by atoms with Crippen LogP contribution in [-0.4, -0.2) is 17.7 Å². The fourth-order valence-corrected chi connectivity index (χ4v) is 1.76. The van der Waals surface area contributed by atoms with Gasteiger partial charge in [0.1, 0.15) is 5.75 Å². The second-order valence-corrected chi connectivity index (χ2v) is 5.19. The third-order valence-corrected chi connectivity index (χ3v) is 3.51. The molecule has 4 heteroatoms. The number of carbonyl (C=O) groups is 1. The summed E-state index contributed by atoms with van der Waals surface area (Å²) in [6, 6.07) is 7.52. The predicted octanol–water partition coefficient (Wildman–Crippen LogP) is 3.72. The first kappa shape index (κ1) is 14.0. The molecule has 1 rings (SSSR count). The molecule has 3 nitrogen and oxygen atoms in total. The molecule has 0 aliphatic carbocycles. The number of benzene rings is 1. The fourth-order valence-electron chi connectivity index (χ4n) is 1.39. The van der Waals surface area contributed by atoms with Crippen LogP contribution in [0.25, 0.3) is 0 Å². The standard InChI is InChI=1S/C13H17BrO3/c1-3-13(2,12(15)16)7-8-17-11-6-4-5-10(14)9-11/h4-6,9H,3,7-8H2,1-2H3,(H,15,16). The Morgan fingerprint density at radius 1 is 1.53 bits per heavy atom. The summed E-state index contributed by atoms with van der Waals surface area (Å²) in [4.78, 5) is 11.1. The van der Waals surface area contributed by atoms with Gasteiger partial charge in [-0.15, -0.1) is 0 Å². The molecular weight excluding hydrogens is 284 g/mol. The van der Waals surface area contributed by atoms with Gasteiger partial charge in [0, 0.05) is 4.47 Å². The summed E-state index contributed by atoms with van der Waals surface area (Å²) in [5, 5.41) is 9.11. The monoisotopic (exact) mass is 300 g/mol. The minimum absolute atomic E-state index is 0.410. The first-order valence-electron chi connectivity index (χ1n) is 5.60. The Labute approximate surface area is 110 Å². The van der Waals surface area contributed by atoms with E-state index in [-0.39, 0.29) is 0 Å². The molecule has 0 bridgehead atoms. The molecule has 1 N–H and O–H groups in total. The van der Waals surface area contributed by atoms with E-state index >= 15 is 0 Å². The molecule has 0 saturated heterocycles. The molecule has 94 valence electrons. The summed E-state index contributed by atoms with van der Waals surface area (Å²) >= 11 is 3.36. The molecule has 0 amide bonds. The number of hydrogen-bond donors (Lipinski definition) is 1. The second-order valence-electron chi connectivity index (χ2n) is 4.28. The van der Waals surface area contributed by atoms with Gasteiger partial charge in [0.05, 0.1) is 12.0 Å². The molecular formula is C13H17BrO3. The molecule has 0 aliphatic rings. The normalized spacial score (nSPS) is 14.1. The number of aliphatic carboxylic acids is 1. The maximum atomic E-state index is 11.1. The van der Waals surface area contributed by atoms with Crippen molar-refractivity contribution < 1.29 is 14.6 Å². The molecule has 0 saturated carbocycles.